The summed E-state index contributed by atoms with van der Waals surface area (Å²) in [5, 5.41) is 14.0. The Morgan fingerprint density at radius 1 is 1.26 bits per heavy atom. The molecule has 146 valence electrons. The number of aromatic nitrogens is 1. The molecular formula is C20H26ClN3O3. The van der Waals surface area contributed by atoms with Gasteiger partial charge in [0.15, 0.2) is 11.5 Å². The van der Waals surface area contributed by atoms with Crippen molar-refractivity contribution < 1.29 is 14.6 Å². The van der Waals surface area contributed by atoms with Crippen LogP contribution >= 0.6 is 11.6 Å². The first-order valence-corrected chi connectivity index (χ1v) is 9.48. The largest absolute Gasteiger partial charge is 0.493 e. The van der Waals surface area contributed by atoms with Gasteiger partial charge in [0.1, 0.15) is 5.82 Å². The summed E-state index contributed by atoms with van der Waals surface area (Å²) in [6, 6.07) is 7.61. The summed E-state index contributed by atoms with van der Waals surface area (Å²) < 4.78 is 10.8. The van der Waals surface area contributed by atoms with E-state index in [1.807, 2.05) is 12.1 Å². The third-order valence-corrected chi connectivity index (χ3v) is 4.93. The minimum absolute atomic E-state index is 0.287. The van der Waals surface area contributed by atoms with Crippen LogP contribution in [0.4, 0.5) is 5.82 Å². The first-order valence-electron chi connectivity index (χ1n) is 9.10. The van der Waals surface area contributed by atoms with Crippen molar-refractivity contribution in [1.29, 1.82) is 0 Å². The number of hydrogen-bond donors (Lipinski definition) is 2. The lowest BCUT2D eigenvalue weighted by Gasteiger charge is -2.32. The maximum absolute atomic E-state index is 9.97. The Morgan fingerprint density at radius 2 is 2.07 bits per heavy atom. The molecule has 1 aromatic heterocycles. The molecule has 0 aliphatic carbocycles. The second kappa shape index (κ2) is 9.26. The van der Waals surface area contributed by atoms with Gasteiger partial charge in [-0.3, -0.25) is 0 Å². The molecule has 1 aliphatic rings. The fourth-order valence-electron chi connectivity index (χ4n) is 3.47. The second-order valence-electron chi connectivity index (χ2n) is 6.63. The number of aliphatic hydroxyl groups excluding tert-OH is 1. The summed E-state index contributed by atoms with van der Waals surface area (Å²) in [4.78, 5) is 6.71. The molecule has 27 heavy (non-hydrogen) atoms. The lowest BCUT2D eigenvalue weighted by molar-refractivity contribution is 0.154. The standard InChI is InChI=1S/C20H26ClN3O3/c1-26-18-10-16(21)9-15(19(18)27-2)12-22-11-14-5-3-7-23-20(14)24-8-4-6-17(25)13-24/h3,5,7,9-10,17,22,25H,4,6,8,11-13H2,1-2H3. The van der Waals surface area contributed by atoms with Crippen molar-refractivity contribution in [2.75, 3.05) is 32.2 Å². The van der Waals surface area contributed by atoms with E-state index in [1.165, 1.54) is 0 Å². The van der Waals surface area contributed by atoms with Gasteiger partial charge in [-0.1, -0.05) is 17.7 Å². The highest BCUT2D eigenvalue weighted by atomic mass is 35.5. The number of nitrogens with zero attached hydrogens (tertiary/aromatic N) is 2. The monoisotopic (exact) mass is 391 g/mol. The predicted molar refractivity (Wildman–Crippen MR) is 107 cm³/mol. The number of aliphatic hydroxyl groups is 1. The number of pyridine rings is 1. The van der Waals surface area contributed by atoms with Crippen molar-refractivity contribution in [3.8, 4) is 11.5 Å². The van der Waals surface area contributed by atoms with E-state index in [0.29, 0.717) is 36.2 Å². The van der Waals surface area contributed by atoms with E-state index < -0.39 is 0 Å². The molecule has 0 radical (unpaired) electrons. The number of methoxy groups -OCH3 is 2. The molecule has 1 unspecified atom stereocenters. The summed E-state index contributed by atoms with van der Waals surface area (Å²) in [6.45, 7) is 2.77. The number of halogens is 1. The second-order valence-corrected chi connectivity index (χ2v) is 7.07. The van der Waals surface area contributed by atoms with Crippen LogP contribution in [-0.2, 0) is 13.1 Å². The van der Waals surface area contributed by atoms with Crippen LogP contribution in [0.1, 0.15) is 24.0 Å². The van der Waals surface area contributed by atoms with Crippen molar-refractivity contribution >= 4 is 17.4 Å². The van der Waals surface area contributed by atoms with E-state index in [4.69, 9.17) is 21.1 Å². The first kappa shape index (κ1) is 19.7. The average Bonchev–Trinajstić information content (AvgIpc) is 2.68. The maximum atomic E-state index is 9.97. The van der Waals surface area contributed by atoms with Crippen LogP contribution < -0.4 is 19.7 Å². The van der Waals surface area contributed by atoms with Gasteiger partial charge in [-0.05, 0) is 25.0 Å². The minimum atomic E-state index is -0.287. The molecule has 2 heterocycles. The van der Waals surface area contributed by atoms with E-state index in [-0.39, 0.29) is 6.10 Å². The number of benzene rings is 1. The Morgan fingerprint density at radius 3 is 2.81 bits per heavy atom. The quantitative estimate of drug-likeness (QED) is 0.756. The zero-order chi connectivity index (χ0) is 19.2. The summed E-state index contributed by atoms with van der Waals surface area (Å²) in [7, 11) is 3.22. The third-order valence-electron chi connectivity index (χ3n) is 4.72. The lowest BCUT2D eigenvalue weighted by Crippen LogP contribution is -2.39. The third kappa shape index (κ3) is 4.83. The minimum Gasteiger partial charge on any atom is -0.493 e. The number of nitrogens with one attached hydrogen (secondary N) is 1. The van der Waals surface area contributed by atoms with E-state index >= 15 is 0 Å². The molecular weight excluding hydrogens is 366 g/mol. The molecule has 1 aliphatic heterocycles. The number of hydrogen-bond acceptors (Lipinski definition) is 6. The SMILES string of the molecule is COc1cc(Cl)cc(CNCc2cccnc2N2CCCC(O)C2)c1OC. The van der Waals surface area contributed by atoms with Crippen molar-refractivity contribution in [1.82, 2.24) is 10.3 Å². The fraction of sp³-hybridized carbons (Fsp3) is 0.450. The molecule has 1 saturated heterocycles. The number of ether oxygens (including phenoxy) is 2. The van der Waals surface area contributed by atoms with Crippen LogP contribution in [-0.4, -0.2) is 43.5 Å². The van der Waals surface area contributed by atoms with Crippen LogP contribution in [0.5, 0.6) is 11.5 Å². The highest BCUT2D eigenvalue weighted by Crippen LogP contribution is 2.34. The number of rotatable bonds is 7. The van der Waals surface area contributed by atoms with Crippen LogP contribution in [0.25, 0.3) is 0 Å². The summed E-state index contributed by atoms with van der Waals surface area (Å²) >= 11 is 6.19. The maximum Gasteiger partial charge on any atom is 0.165 e. The van der Waals surface area contributed by atoms with Gasteiger partial charge >= 0.3 is 0 Å². The van der Waals surface area contributed by atoms with Gasteiger partial charge in [-0.2, -0.15) is 0 Å². The van der Waals surface area contributed by atoms with Crippen LogP contribution in [0.3, 0.4) is 0 Å². The van der Waals surface area contributed by atoms with Crippen molar-refractivity contribution in [3.05, 3.63) is 46.6 Å². The highest BCUT2D eigenvalue weighted by Gasteiger charge is 2.21. The smallest absolute Gasteiger partial charge is 0.165 e. The van der Waals surface area contributed by atoms with Crippen molar-refractivity contribution in [2.24, 2.45) is 0 Å². The molecule has 7 heteroatoms. The van der Waals surface area contributed by atoms with Gasteiger partial charge in [0, 0.05) is 54.6 Å². The summed E-state index contributed by atoms with van der Waals surface area (Å²) in [5.41, 5.74) is 2.03. The van der Waals surface area contributed by atoms with Crippen molar-refractivity contribution in [3.63, 3.8) is 0 Å². The van der Waals surface area contributed by atoms with E-state index in [9.17, 15) is 5.11 Å². The number of anilines is 1. The van der Waals surface area contributed by atoms with E-state index in [0.717, 1.165) is 36.3 Å². The molecule has 6 nitrogen and oxygen atoms in total. The van der Waals surface area contributed by atoms with Crippen LogP contribution in [0, 0.1) is 0 Å². The molecule has 0 bridgehead atoms. The topological polar surface area (TPSA) is 66.9 Å². The zero-order valence-electron chi connectivity index (χ0n) is 15.7. The highest BCUT2D eigenvalue weighted by molar-refractivity contribution is 6.30. The molecule has 2 N–H and O–H groups in total. The Hall–Kier alpha value is -2.02. The molecule has 0 spiro atoms. The van der Waals surface area contributed by atoms with E-state index in [2.05, 4.69) is 21.3 Å². The first-order chi connectivity index (χ1) is 13.1. The van der Waals surface area contributed by atoms with Gasteiger partial charge in [-0.25, -0.2) is 4.98 Å². The number of β-amino-alcohol motifs (C(OH)–C–C–N with tert-alkyl or cyclic N) is 1. The van der Waals surface area contributed by atoms with Gasteiger partial charge in [0.2, 0.25) is 0 Å². The fourth-order valence-corrected chi connectivity index (χ4v) is 3.70. The Kier molecular flexibility index (Phi) is 6.77. The zero-order valence-corrected chi connectivity index (χ0v) is 16.5. The van der Waals surface area contributed by atoms with Crippen LogP contribution in [0.15, 0.2) is 30.5 Å². The van der Waals surface area contributed by atoms with E-state index in [1.54, 1.807) is 26.5 Å². The predicted octanol–water partition coefficient (Wildman–Crippen LogP) is 3.00. The van der Waals surface area contributed by atoms with Gasteiger partial charge < -0.3 is 24.8 Å². The summed E-state index contributed by atoms with van der Waals surface area (Å²) in [6.07, 6.45) is 3.34. The average molecular weight is 392 g/mol. The Labute approximate surface area is 165 Å². The molecule has 2 aromatic rings. The molecule has 1 aromatic carbocycles. The Balaban J connectivity index is 1.71. The summed E-state index contributed by atoms with van der Waals surface area (Å²) in [5.74, 6) is 2.23. The molecule has 1 fully saturated rings. The Bertz CT molecular complexity index is 772. The van der Waals surface area contributed by atoms with Gasteiger partial charge in [0.25, 0.3) is 0 Å². The van der Waals surface area contributed by atoms with Gasteiger partial charge in [-0.15, -0.1) is 0 Å². The molecule has 0 amide bonds. The van der Waals surface area contributed by atoms with Crippen LogP contribution in [0.2, 0.25) is 5.02 Å². The number of piperidine rings is 1. The van der Waals surface area contributed by atoms with Gasteiger partial charge in [0.05, 0.1) is 20.3 Å². The van der Waals surface area contributed by atoms with Crippen molar-refractivity contribution in [2.45, 2.75) is 32.0 Å². The normalized spacial score (nSPS) is 17.0. The molecule has 0 saturated carbocycles. The lowest BCUT2D eigenvalue weighted by atomic mass is 10.1. The molecule has 3 rings (SSSR count). The molecule has 1 atom stereocenters.